The molecule has 12 heteroatoms. The van der Waals surface area contributed by atoms with E-state index in [1.807, 2.05) is 12.1 Å². The number of likely N-dealkylation sites (N-methyl/N-ethyl adjacent to an activating group) is 1. The molecule has 10 nitrogen and oxygen atoms in total. The van der Waals surface area contributed by atoms with Crippen molar-refractivity contribution in [3.05, 3.63) is 60.2 Å². The fraction of sp³-hybridized carbons (Fsp3) is 0.370. The molecule has 2 aliphatic rings. The van der Waals surface area contributed by atoms with Gasteiger partial charge in [-0.3, -0.25) is 9.29 Å². The molecule has 1 saturated heterocycles. The average molecular weight is 551 g/mol. The van der Waals surface area contributed by atoms with E-state index in [1.54, 1.807) is 29.7 Å². The van der Waals surface area contributed by atoms with Crippen molar-refractivity contribution in [2.75, 3.05) is 53.9 Å². The second-order valence-electron chi connectivity index (χ2n) is 10.1. The monoisotopic (exact) mass is 550 g/mol. The first-order chi connectivity index (χ1) is 18.8. The molecule has 4 aromatic rings. The minimum Gasteiger partial charge on any atom is -0.369 e. The summed E-state index contributed by atoms with van der Waals surface area (Å²) in [6.07, 6.45) is 3.23. The number of anilines is 4. The lowest BCUT2D eigenvalue weighted by Gasteiger charge is -2.34. The molecule has 0 radical (unpaired) electrons. The summed E-state index contributed by atoms with van der Waals surface area (Å²) in [6.45, 7) is 5.61. The van der Waals surface area contributed by atoms with E-state index in [0.29, 0.717) is 28.5 Å². The third kappa shape index (κ3) is 5.26. The van der Waals surface area contributed by atoms with Crippen LogP contribution in [0.25, 0.3) is 16.9 Å². The summed E-state index contributed by atoms with van der Waals surface area (Å²) in [7, 11) is -1.38. The lowest BCUT2D eigenvalue weighted by Crippen LogP contribution is -2.44. The summed E-state index contributed by atoms with van der Waals surface area (Å²) in [5.41, 5.74) is 2.86. The molecule has 0 spiro atoms. The molecule has 0 bridgehead atoms. The van der Waals surface area contributed by atoms with Crippen molar-refractivity contribution in [2.24, 2.45) is 0 Å². The third-order valence-electron chi connectivity index (χ3n) is 7.24. The zero-order valence-corrected chi connectivity index (χ0v) is 22.7. The van der Waals surface area contributed by atoms with Gasteiger partial charge in [0, 0.05) is 49.7 Å². The highest BCUT2D eigenvalue weighted by molar-refractivity contribution is 7.92. The highest BCUT2D eigenvalue weighted by Gasteiger charge is 2.34. The van der Waals surface area contributed by atoms with Gasteiger partial charge in [0.15, 0.2) is 11.5 Å². The number of rotatable bonds is 8. The summed E-state index contributed by atoms with van der Waals surface area (Å²) < 4.78 is 44.0. The maximum Gasteiger partial charge on any atom is 0.233 e. The van der Waals surface area contributed by atoms with E-state index < -0.39 is 10.0 Å². The Hall–Kier alpha value is -3.77. The van der Waals surface area contributed by atoms with Crippen LogP contribution < -0.4 is 14.9 Å². The van der Waals surface area contributed by atoms with Crippen molar-refractivity contribution >= 4 is 44.2 Å². The van der Waals surface area contributed by atoms with Crippen LogP contribution in [-0.4, -0.2) is 71.8 Å². The summed E-state index contributed by atoms with van der Waals surface area (Å²) in [5.74, 6) is 0.507. The van der Waals surface area contributed by atoms with Crippen LogP contribution in [0.5, 0.6) is 0 Å². The van der Waals surface area contributed by atoms with Gasteiger partial charge in [-0.25, -0.2) is 22.8 Å². The Morgan fingerprint density at radius 2 is 1.77 bits per heavy atom. The van der Waals surface area contributed by atoms with Crippen molar-refractivity contribution in [1.82, 2.24) is 24.4 Å². The molecular weight excluding hydrogens is 519 g/mol. The van der Waals surface area contributed by atoms with Gasteiger partial charge >= 0.3 is 0 Å². The topological polar surface area (TPSA) is 108 Å². The molecule has 39 heavy (non-hydrogen) atoms. The van der Waals surface area contributed by atoms with E-state index in [-0.39, 0.29) is 23.3 Å². The molecule has 1 aromatic carbocycles. The van der Waals surface area contributed by atoms with Crippen LogP contribution in [0.2, 0.25) is 0 Å². The van der Waals surface area contributed by atoms with Crippen molar-refractivity contribution < 1.29 is 12.8 Å². The minimum absolute atomic E-state index is 0.0514. The van der Waals surface area contributed by atoms with Gasteiger partial charge in [0.2, 0.25) is 16.0 Å². The van der Waals surface area contributed by atoms with Crippen molar-refractivity contribution in [3.8, 4) is 5.82 Å². The van der Waals surface area contributed by atoms with E-state index in [0.717, 1.165) is 44.7 Å². The van der Waals surface area contributed by atoms with Gasteiger partial charge in [-0.15, -0.1) is 0 Å². The van der Waals surface area contributed by atoms with Crippen LogP contribution in [0.4, 0.5) is 27.5 Å². The van der Waals surface area contributed by atoms with E-state index in [1.165, 1.54) is 11.9 Å². The van der Waals surface area contributed by atoms with Crippen LogP contribution in [0.1, 0.15) is 31.4 Å². The van der Waals surface area contributed by atoms with Gasteiger partial charge < -0.3 is 15.1 Å². The van der Waals surface area contributed by atoms with Gasteiger partial charge in [0.25, 0.3) is 0 Å². The Kier molecular flexibility index (Phi) is 6.59. The zero-order valence-electron chi connectivity index (χ0n) is 21.9. The first-order valence-electron chi connectivity index (χ1n) is 13.2. The first kappa shape index (κ1) is 25.5. The normalized spacial score (nSPS) is 16.5. The van der Waals surface area contributed by atoms with Gasteiger partial charge in [-0.05, 0) is 63.2 Å². The van der Waals surface area contributed by atoms with E-state index in [2.05, 4.69) is 54.0 Å². The SMILES string of the molecule is CCS(=O)(=O)Nc1cccc(-n2c(C3CC3)c(F)c3cnc(Nc4ccc(N5CCN(C)CC5)cc4)nc32)n1. The number of nitrogens with one attached hydrogen (secondary N) is 2. The Balaban J connectivity index is 1.33. The number of aromatic nitrogens is 4. The first-order valence-corrected chi connectivity index (χ1v) is 14.8. The molecule has 1 aliphatic heterocycles. The lowest BCUT2D eigenvalue weighted by molar-refractivity contribution is 0.313. The van der Waals surface area contributed by atoms with Gasteiger partial charge in [0.05, 0.1) is 16.8 Å². The molecule has 0 amide bonds. The van der Waals surface area contributed by atoms with Crippen LogP contribution in [0.3, 0.4) is 0 Å². The van der Waals surface area contributed by atoms with Gasteiger partial charge in [-0.2, -0.15) is 4.98 Å². The van der Waals surface area contributed by atoms with E-state index in [9.17, 15) is 8.42 Å². The molecule has 0 atom stereocenters. The third-order valence-corrected chi connectivity index (χ3v) is 8.52. The Bertz CT molecular complexity index is 1610. The summed E-state index contributed by atoms with van der Waals surface area (Å²) in [6, 6.07) is 13.1. The van der Waals surface area contributed by atoms with Crippen molar-refractivity contribution in [2.45, 2.75) is 25.7 Å². The number of halogens is 1. The maximum absolute atomic E-state index is 15.6. The summed E-state index contributed by atoms with van der Waals surface area (Å²) in [4.78, 5) is 18.3. The quantitative estimate of drug-likeness (QED) is 0.338. The number of benzene rings is 1. The molecule has 1 saturated carbocycles. The molecule has 6 rings (SSSR count). The smallest absolute Gasteiger partial charge is 0.233 e. The number of sulfonamides is 1. The standard InChI is InChI=1S/C27H31FN8O2S/c1-3-39(37,38)33-22-5-4-6-23(31-22)36-25(18-7-8-18)24(28)21-17-29-27(32-26(21)36)30-19-9-11-20(12-10-19)35-15-13-34(2)14-16-35/h4-6,9-12,17-18H,3,7-8,13-16H2,1-2H3,(H,31,33)(H,29,30,32). The Labute approximate surface area is 226 Å². The predicted molar refractivity (Wildman–Crippen MR) is 151 cm³/mol. The number of hydrogen-bond donors (Lipinski definition) is 2. The molecule has 1 aliphatic carbocycles. The van der Waals surface area contributed by atoms with Crippen molar-refractivity contribution in [3.63, 3.8) is 0 Å². The minimum atomic E-state index is -3.51. The highest BCUT2D eigenvalue weighted by atomic mass is 32.2. The van der Waals surface area contributed by atoms with E-state index in [4.69, 9.17) is 0 Å². The summed E-state index contributed by atoms with van der Waals surface area (Å²) >= 11 is 0. The van der Waals surface area contributed by atoms with Crippen LogP contribution in [0.15, 0.2) is 48.7 Å². The van der Waals surface area contributed by atoms with Gasteiger partial charge in [0.1, 0.15) is 11.6 Å². The molecule has 2 fully saturated rings. The number of hydrogen-bond acceptors (Lipinski definition) is 8. The lowest BCUT2D eigenvalue weighted by atomic mass is 10.2. The summed E-state index contributed by atoms with van der Waals surface area (Å²) in [5, 5.41) is 3.54. The fourth-order valence-electron chi connectivity index (χ4n) is 4.84. The molecule has 2 N–H and O–H groups in total. The van der Waals surface area contributed by atoms with Crippen LogP contribution in [-0.2, 0) is 10.0 Å². The molecular formula is C27H31FN8O2S. The Morgan fingerprint density at radius 1 is 1.03 bits per heavy atom. The zero-order chi connectivity index (χ0) is 27.1. The van der Waals surface area contributed by atoms with Crippen molar-refractivity contribution in [1.29, 1.82) is 0 Å². The van der Waals surface area contributed by atoms with Gasteiger partial charge in [-0.1, -0.05) is 6.07 Å². The second-order valence-corrected chi connectivity index (χ2v) is 12.1. The largest absolute Gasteiger partial charge is 0.369 e. The van der Waals surface area contributed by atoms with Crippen LogP contribution in [0, 0.1) is 5.82 Å². The van der Waals surface area contributed by atoms with Crippen LogP contribution >= 0.6 is 0 Å². The second kappa shape index (κ2) is 10.1. The highest BCUT2D eigenvalue weighted by Crippen LogP contribution is 2.45. The van der Waals surface area contributed by atoms with E-state index >= 15 is 4.39 Å². The maximum atomic E-state index is 15.6. The molecule has 204 valence electrons. The Morgan fingerprint density at radius 3 is 2.46 bits per heavy atom. The molecule has 4 heterocycles. The number of nitrogens with zero attached hydrogens (tertiary/aromatic N) is 6. The molecule has 3 aromatic heterocycles. The fourth-order valence-corrected chi connectivity index (χ4v) is 5.42. The number of fused-ring (bicyclic) bond motifs is 1. The number of pyridine rings is 1. The predicted octanol–water partition coefficient (Wildman–Crippen LogP) is 4.09. The average Bonchev–Trinajstić information content (AvgIpc) is 3.73. The number of piperazine rings is 1. The molecule has 0 unspecified atom stereocenters.